The maximum Gasteiger partial charge on any atom is 0.150 e. The number of hydrogen-bond acceptors (Lipinski definition) is 4. The van der Waals surface area contributed by atoms with E-state index in [2.05, 4.69) is 40.5 Å². The van der Waals surface area contributed by atoms with Crippen molar-refractivity contribution in [3.8, 4) is 0 Å². The Labute approximate surface area is 160 Å². The van der Waals surface area contributed by atoms with Crippen LogP contribution in [0.5, 0.6) is 0 Å². The van der Waals surface area contributed by atoms with Crippen LogP contribution in [0.1, 0.15) is 31.2 Å². The van der Waals surface area contributed by atoms with Crippen molar-refractivity contribution < 1.29 is 8.42 Å². The second-order valence-corrected chi connectivity index (χ2v) is 11.0. The summed E-state index contributed by atoms with van der Waals surface area (Å²) in [4.78, 5) is 7.36. The minimum atomic E-state index is -2.76. The molecule has 2 aromatic rings. The molecule has 142 valence electrons. The van der Waals surface area contributed by atoms with Crippen molar-refractivity contribution in [2.45, 2.75) is 43.0 Å². The normalized spacial score (nSPS) is 24.4. The van der Waals surface area contributed by atoms with E-state index in [1.807, 2.05) is 0 Å². The minimum Gasteiger partial charge on any atom is -0.361 e. The monoisotopic (exact) mass is 392 g/mol. The summed E-state index contributed by atoms with van der Waals surface area (Å²) in [7, 11) is -2.76. The molecule has 0 aliphatic carbocycles. The van der Waals surface area contributed by atoms with E-state index in [0.717, 1.165) is 32.4 Å². The van der Waals surface area contributed by atoms with Crippen LogP contribution in [0.3, 0.4) is 0 Å². The highest BCUT2D eigenvalue weighted by Gasteiger charge is 2.30. The van der Waals surface area contributed by atoms with Crippen LogP contribution in [-0.4, -0.2) is 55.2 Å². The molecule has 0 amide bonds. The largest absolute Gasteiger partial charge is 0.361 e. The quantitative estimate of drug-likeness (QED) is 0.788. The fraction of sp³-hybridized carbons (Fsp3) is 0.600. The maximum atomic E-state index is 11.7. The van der Waals surface area contributed by atoms with Gasteiger partial charge in [0.1, 0.15) is 9.84 Å². The number of nitrogens with zero attached hydrogens (tertiary/aromatic N) is 1. The maximum absolute atomic E-state index is 11.7. The number of aromatic nitrogens is 1. The Balaban J connectivity index is 1.44. The number of aromatic amines is 1. The molecule has 1 N–H and O–H groups in total. The fourth-order valence-electron chi connectivity index (χ4n) is 4.53. The molecular formula is C20H28N2O2S2. The standard InChI is InChI=1S/C20H28N2O2S2/c1-25-18-4-5-20-19(12-18)16(13-21-20)11-17-3-2-8-22(17)14-15-6-9-26(23,24)10-7-15/h4-5,12-13,15,17,21H,2-3,6-11,14H2,1H3/t17-/m1/s1. The molecule has 2 saturated heterocycles. The number of likely N-dealkylation sites (tertiary alicyclic amines) is 1. The number of benzene rings is 1. The summed E-state index contributed by atoms with van der Waals surface area (Å²) >= 11 is 1.79. The molecule has 6 heteroatoms. The molecule has 2 aliphatic rings. The van der Waals surface area contributed by atoms with Crippen LogP contribution in [0.15, 0.2) is 29.3 Å². The number of hydrogen-bond donors (Lipinski definition) is 1. The third-order valence-electron chi connectivity index (χ3n) is 6.10. The predicted octanol–water partition coefficient (Wildman–Crippen LogP) is 3.72. The Morgan fingerprint density at radius 3 is 2.81 bits per heavy atom. The van der Waals surface area contributed by atoms with Gasteiger partial charge in [0, 0.05) is 34.6 Å². The van der Waals surface area contributed by atoms with Gasteiger partial charge in [-0.3, -0.25) is 4.90 Å². The zero-order chi connectivity index (χ0) is 18.1. The van der Waals surface area contributed by atoms with Crippen LogP contribution in [0, 0.1) is 5.92 Å². The van der Waals surface area contributed by atoms with E-state index in [1.54, 1.807) is 11.8 Å². The molecule has 2 fully saturated rings. The van der Waals surface area contributed by atoms with E-state index in [9.17, 15) is 8.42 Å². The molecule has 26 heavy (non-hydrogen) atoms. The Hall–Kier alpha value is -0.980. The highest BCUT2D eigenvalue weighted by Crippen LogP contribution is 2.30. The second-order valence-electron chi connectivity index (χ2n) is 7.82. The van der Waals surface area contributed by atoms with Crippen molar-refractivity contribution in [3.63, 3.8) is 0 Å². The van der Waals surface area contributed by atoms with E-state index < -0.39 is 9.84 Å². The average molecular weight is 393 g/mol. The van der Waals surface area contributed by atoms with Gasteiger partial charge < -0.3 is 4.98 Å². The molecule has 1 atom stereocenters. The molecule has 2 aliphatic heterocycles. The molecule has 0 unspecified atom stereocenters. The summed E-state index contributed by atoms with van der Waals surface area (Å²) in [5.74, 6) is 1.32. The van der Waals surface area contributed by atoms with Crippen molar-refractivity contribution >= 4 is 32.5 Å². The summed E-state index contributed by atoms with van der Waals surface area (Å²) < 4.78 is 23.3. The van der Waals surface area contributed by atoms with E-state index >= 15 is 0 Å². The van der Waals surface area contributed by atoms with E-state index in [1.165, 1.54) is 34.2 Å². The first-order valence-corrected chi connectivity index (χ1v) is 12.7. The molecule has 4 rings (SSSR count). The van der Waals surface area contributed by atoms with E-state index in [-0.39, 0.29) is 0 Å². The van der Waals surface area contributed by atoms with Gasteiger partial charge in [0.25, 0.3) is 0 Å². The minimum absolute atomic E-state index is 0.385. The van der Waals surface area contributed by atoms with Crippen molar-refractivity contribution in [2.75, 3.05) is 30.9 Å². The Bertz CT molecular complexity index is 861. The van der Waals surface area contributed by atoms with Crippen molar-refractivity contribution in [1.29, 1.82) is 0 Å². The summed E-state index contributed by atoms with van der Waals surface area (Å²) in [5, 5.41) is 1.35. The van der Waals surface area contributed by atoms with Crippen molar-refractivity contribution in [3.05, 3.63) is 30.0 Å². The van der Waals surface area contributed by atoms with Gasteiger partial charge in [0.2, 0.25) is 0 Å². The van der Waals surface area contributed by atoms with Gasteiger partial charge in [-0.1, -0.05) is 0 Å². The zero-order valence-corrected chi connectivity index (χ0v) is 17.0. The van der Waals surface area contributed by atoms with Gasteiger partial charge >= 0.3 is 0 Å². The number of thioether (sulfide) groups is 1. The van der Waals surface area contributed by atoms with E-state index in [4.69, 9.17) is 0 Å². The molecule has 4 nitrogen and oxygen atoms in total. The smallest absolute Gasteiger partial charge is 0.150 e. The third kappa shape index (κ3) is 3.97. The van der Waals surface area contributed by atoms with Crippen LogP contribution in [0.2, 0.25) is 0 Å². The molecule has 1 aromatic heterocycles. The molecule has 0 bridgehead atoms. The highest BCUT2D eigenvalue weighted by atomic mass is 32.2. The van der Waals surface area contributed by atoms with Crippen LogP contribution >= 0.6 is 11.8 Å². The average Bonchev–Trinajstić information content (AvgIpc) is 3.24. The van der Waals surface area contributed by atoms with Gasteiger partial charge in [0.05, 0.1) is 11.5 Å². The Morgan fingerprint density at radius 1 is 1.23 bits per heavy atom. The summed E-state index contributed by atoms with van der Waals surface area (Å²) in [6.45, 7) is 2.23. The van der Waals surface area contributed by atoms with Crippen LogP contribution < -0.4 is 0 Å². The topological polar surface area (TPSA) is 53.2 Å². The molecule has 3 heterocycles. The number of sulfone groups is 1. The predicted molar refractivity (Wildman–Crippen MR) is 110 cm³/mol. The first kappa shape index (κ1) is 18.4. The summed E-state index contributed by atoms with van der Waals surface area (Å²) in [6.07, 6.45) is 9.58. The lowest BCUT2D eigenvalue weighted by atomic mass is 9.99. The SMILES string of the molecule is CSc1ccc2[nH]cc(C[C@H]3CCCN3CC3CCS(=O)(=O)CC3)c2c1. The van der Waals surface area contributed by atoms with Crippen molar-refractivity contribution in [2.24, 2.45) is 5.92 Å². The number of rotatable bonds is 5. The van der Waals surface area contributed by atoms with Gasteiger partial charge in [-0.25, -0.2) is 8.42 Å². The van der Waals surface area contributed by atoms with Crippen LogP contribution in [0.25, 0.3) is 10.9 Å². The van der Waals surface area contributed by atoms with Crippen molar-refractivity contribution in [1.82, 2.24) is 9.88 Å². The van der Waals surface area contributed by atoms with Crippen LogP contribution in [0.4, 0.5) is 0 Å². The lowest BCUT2D eigenvalue weighted by Gasteiger charge is -2.31. The molecule has 0 radical (unpaired) electrons. The lowest BCUT2D eigenvalue weighted by Crippen LogP contribution is -2.38. The van der Waals surface area contributed by atoms with Gasteiger partial charge in [0.15, 0.2) is 0 Å². The number of fused-ring (bicyclic) bond motifs is 1. The summed E-state index contributed by atoms with van der Waals surface area (Å²) in [5.41, 5.74) is 2.64. The zero-order valence-electron chi connectivity index (χ0n) is 15.4. The second kappa shape index (κ2) is 7.56. The Kier molecular flexibility index (Phi) is 5.35. The number of H-pyrrole nitrogens is 1. The lowest BCUT2D eigenvalue weighted by molar-refractivity contribution is 0.205. The molecule has 1 aromatic carbocycles. The van der Waals surface area contributed by atoms with Gasteiger partial charge in [-0.15, -0.1) is 11.8 Å². The first-order valence-electron chi connectivity index (χ1n) is 9.62. The molecular weight excluding hydrogens is 364 g/mol. The molecule has 0 saturated carbocycles. The highest BCUT2D eigenvalue weighted by molar-refractivity contribution is 7.98. The third-order valence-corrected chi connectivity index (χ3v) is 8.54. The summed E-state index contributed by atoms with van der Waals surface area (Å²) in [6, 6.07) is 7.24. The van der Waals surface area contributed by atoms with Gasteiger partial charge in [-0.2, -0.15) is 0 Å². The van der Waals surface area contributed by atoms with Gasteiger partial charge in [-0.05, 0) is 74.6 Å². The van der Waals surface area contributed by atoms with E-state index in [0.29, 0.717) is 23.5 Å². The first-order chi connectivity index (χ1) is 12.5. The Morgan fingerprint density at radius 2 is 2.04 bits per heavy atom. The van der Waals surface area contributed by atoms with Crippen LogP contribution in [-0.2, 0) is 16.3 Å². The molecule has 0 spiro atoms. The fourth-order valence-corrected chi connectivity index (χ4v) is 6.56. The number of nitrogens with one attached hydrogen (secondary N) is 1.